The van der Waals surface area contributed by atoms with Crippen LogP contribution in [-0.4, -0.2) is 54.6 Å². The number of nitrogens with zero attached hydrogens (tertiary/aromatic N) is 5. The Balaban J connectivity index is 1.49. The van der Waals surface area contributed by atoms with Gasteiger partial charge in [0, 0.05) is 55.4 Å². The molecule has 1 fully saturated rings. The summed E-state index contributed by atoms with van der Waals surface area (Å²) in [6.45, 7) is 1.29. The molecule has 0 bridgehead atoms. The molecular weight excluding hydrogens is 607 g/mol. The second-order valence-electron chi connectivity index (χ2n) is 10.2. The van der Waals surface area contributed by atoms with Gasteiger partial charge in [-0.05, 0) is 43.2 Å². The van der Waals surface area contributed by atoms with E-state index in [-0.39, 0.29) is 35.8 Å². The van der Waals surface area contributed by atoms with Crippen LogP contribution in [0.25, 0.3) is 0 Å². The number of hydrogen-bond acceptors (Lipinski definition) is 9. The lowest BCUT2D eigenvalue weighted by molar-refractivity contribution is -0.0782. The molecule has 4 aromatic rings. The summed E-state index contributed by atoms with van der Waals surface area (Å²) in [5.41, 5.74) is 2.82. The monoisotopic (exact) mass is 637 g/mol. The average molecular weight is 638 g/mol. The van der Waals surface area contributed by atoms with E-state index >= 15 is 4.39 Å². The van der Waals surface area contributed by atoms with Gasteiger partial charge in [0.25, 0.3) is 15.9 Å². The molecule has 2 aromatic heterocycles. The molecule has 0 N–H and O–H groups in total. The van der Waals surface area contributed by atoms with Crippen LogP contribution >= 0.6 is 11.3 Å². The van der Waals surface area contributed by atoms with Crippen LogP contribution < -0.4 is 18.5 Å². The third kappa shape index (κ3) is 6.27. The fourth-order valence-electron chi connectivity index (χ4n) is 5.21. The molecule has 1 saturated carbocycles. The fourth-order valence-corrected chi connectivity index (χ4v) is 7.52. The van der Waals surface area contributed by atoms with Crippen LogP contribution in [-0.2, 0) is 23.6 Å². The molecule has 0 aliphatic heterocycles. The highest BCUT2D eigenvalue weighted by atomic mass is 32.2. The van der Waals surface area contributed by atoms with Crippen LogP contribution in [0.4, 0.5) is 18.3 Å². The SMILES string of the molecule is COc1ccc(CN(c2nncs2)S(=O)(=O)c2cc(C)c(OC3CC(F)(F)CCC3c3ccnn3C)cc2F)c(OC)c1. The van der Waals surface area contributed by atoms with Crippen molar-refractivity contribution >= 4 is 26.5 Å². The Hall–Kier alpha value is -3.85. The zero-order valence-electron chi connectivity index (χ0n) is 23.8. The number of aryl methyl sites for hydroxylation is 2. The summed E-state index contributed by atoms with van der Waals surface area (Å²) in [5, 5.41) is 11.8. The smallest absolute Gasteiger partial charge is 0.269 e. The van der Waals surface area contributed by atoms with Gasteiger partial charge in [-0.3, -0.25) is 4.68 Å². The van der Waals surface area contributed by atoms with Crippen molar-refractivity contribution in [3.63, 3.8) is 0 Å². The number of rotatable bonds is 10. The Morgan fingerprint density at radius 3 is 2.58 bits per heavy atom. The second kappa shape index (κ2) is 12.0. The highest BCUT2D eigenvalue weighted by Crippen LogP contribution is 2.43. The van der Waals surface area contributed by atoms with Crippen molar-refractivity contribution in [2.45, 2.75) is 55.6 Å². The zero-order chi connectivity index (χ0) is 30.9. The third-order valence-corrected chi connectivity index (χ3v) is 10.0. The summed E-state index contributed by atoms with van der Waals surface area (Å²) in [6.07, 6.45) is -0.141. The van der Waals surface area contributed by atoms with Crippen molar-refractivity contribution in [1.29, 1.82) is 0 Å². The lowest BCUT2D eigenvalue weighted by Crippen LogP contribution is -2.39. The van der Waals surface area contributed by atoms with Crippen molar-refractivity contribution in [1.82, 2.24) is 20.0 Å². The van der Waals surface area contributed by atoms with Crippen molar-refractivity contribution in [2.75, 3.05) is 18.5 Å². The van der Waals surface area contributed by atoms with Crippen molar-refractivity contribution < 1.29 is 35.8 Å². The normalized spacial score (nSPS) is 18.3. The van der Waals surface area contributed by atoms with E-state index in [1.807, 2.05) is 0 Å². The predicted molar refractivity (Wildman–Crippen MR) is 153 cm³/mol. The summed E-state index contributed by atoms with van der Waals surface area (Å²) in [5.74, 6) is -3.63. The Bertz CT molecular complexity index is 1700. The Morgan fingerprint density at radius 2 is 1.93 bits per heavy atom. The van der Waals surface area contributed by atoms with Crippen LogP contribution in [0, 0.1) is 12.7 Å². The molecule has 2 atom stereocenters. The van der Waals surface area contributed by atoms with Crippen LogP contribution in [0.15, 0.2) is 53.0 Å². The number of sulfonamides is 1. The maximum absolute atomic E-state index is 15.7. The van der Waals surface area contributed by atoms with Crippen molar-refractivity contribution in [2.24, 2.45) is 7.05 Å². The van der Waals surface area contributed by atoms with Gasteiger partial charge in [0.05, 0.1) is 20.8 Å². The first-order valence-corrected chi connectivity index (χ1v) is 15.6. The predicted octanol–water partition coefficient (Wildman–Crippen LogP) is 5.48. The molecular formula is C28H30F3N5O5S2. The van der Waals surface area contributed by atoms with Gasteiger partial charge < -0.3 is 14.2 Å². The Kier molecular flexibility index (Phi) is 8.56. The number of aromatic nitrogens is 4. The Labute approximate surface area is 251 Å². The Morgan fingerprint density at radius 1 is 1.14 bits per heavy atom. The number of alkyl halides is 2. The van der Waals surface area contributed by atoms with E-state index in [2.05, 4.69) is 15.3 Å². The molecule has 43 heavy (non-hydrogen) atoms. The van der Waals surface area contributed by atoms with E-state index in [1.165, 1.54) is 26.7 Å². The minimum atomic E-state index is -4.54. The van der Waals surface area contributed by atoms with E-state index in [0.717, 1.165) is 33.5 Å². The van der Waals surface area contributed by atoms with E-state index in [9.17, 15) is 17.2 Å². The second-order valence-corrected chi connectivity index (χ2v) is 12.8. The van der Waals surface area contributed by atoms with Gasteiger partial charge in [-0.2, -0.15) is 5.10 Å². The molecule has 2 unspecified atom stereocenters. The van der Waals surface area contributed by atoms with Gasteiger partial charge >= 0.3 is 0 Å². The van der Waals surface area contributed by atoms with E-state index in [1.54, 1.807) is 42.2 Å². The van der Waals surface area contributed by atoms with Gasteiger partial charge in [0.1, 0.15) is 39.6 Å². The van der Waals surface area contributed by atoms with E-state index < -0.39 is 45.1 Å². The lowest BCUT2D eigenvalue weighted by Gasteiger charge is -2.36. The molecule has 10 nitrogen and oxygen atoms in total. The van der Waals surface area contributed by atoms with Crippen LogP contribution in [0.2, 0.25) is 0 Å². The molecule has 0 amide bonds. The van der Waals surface area contributed by atoms with Gasteiger partial charge in [0.2, 0.25) is 5.13 Å². The highest BCUT2D eigenvalue weighted by molar-refractivity contribution is 7.93. The summed E-state index contributed by atoms with van der Waals surface area (Å²) in [7, 11) is 0.0984. The summed E-state index contributed by atoms with van der Waals surface area (Å²) >= 11 is 0.963. The summed E-state index contributed by atoms with van der Waals surface area (Å²) < 4.78 is 91.9. The maximum Gasteiger partial charge on any atom is 0.269 e. The number of anilines is 1. The van der Waals surface area contributed by atoms with E-state index in [0.29, 0.717) is 17.1 Å². The van der Waals surface area contributed by atoms with E-state index in [4.69, 9.17) is 14.2 Å². The zero-order valence-corrected chi connectivity index (χ0v) is 25.5. The molecule has 15 heteroatoms. The molecule has 5 rings (SSSR count). The lowest BCUT2D eigenvalue weighted by atomic mass is 9.82. The summed E-state index contributed by atoms with van der Waals surface area (Å²) in [6, 6.07) is 8.70. The maximum atomic E-state index is 15.7. The van der Waals surface area contributed by atoms with Gasteiger partial charge in [-0.15, -0.1) is 10.2 Å². The van der Waals surface area contributed by atoms with Gasteiger partial charge in [0.15, 0.2) is 0 Å². The highest BCUT2D eigenvalue weighted by Gasteiger charge is 2.44. The standard InChI is InChI=1S/C28H30F3N5O5S2/c1-17-11-26(21(29)13-23(17)41-25-14-28(30,31)9-7-20(25)22-8-10-33-35(22)2)43(37,38)36(27-34-32-16-42-27)15-18-5-6-19(39-3)12-24(18)40-4/h5-6,8,10-13,16,20,25H,7,9,14-15H2,1-4H3. The molecule has 1 aliphatic rings. The minimum Gasteiger partial charge on any atom is -0.497 e. The first kappa shape index (κ1) is 30.6. The number of methoxy groups -OCH3 is 2. The first-order chi connectivity index (χ1) is 20.4. The fraction of sp³-hybridized carbons (Fsp3) is 0.393. The minimum absolute atomic E-state index is 0.0127. The van der Waals surface area contributed by atoms with Gasteiger partial charge in [-0.1, -0.05) is 11.3 Å². The average Bonchev–Trinajstić information content (AvgIpc) is 3.65. The van der Waals surface area contributed by atoms with Crippen LogP contribution in [0.3, 0.4) is 0 Å². The molecule has 2 aromatic carbocycles. The molecule has 0 radical (unpaired) electrons. The number of benzene rings is 2. The molecule has 0 saturated heterocycles. The van der Waals surface area contributed by atoms with Crippen LogP contribution in [0.1, 0.15) is 42.0 Å². The van der Waals surface area contributed by atoms with Gasteiger partial charge in [-0.25, -0.2) is 25.9 Å². The summed E-state index contributed by atoms with van der Waals surface area (Å²) in [4.78, 5) is -0.628. The quantitative estimate of drug-likeness (QED) is 0.225. The first-order valence-electron chi connectivity index (χ1n) is 13.3. The molecule has 1 aliphatic carbocycles. The third-order valence-electron chi connectivity index (χ3n) is 7.45. The topological polar surface area (TPSA) is 109 Å². The van der Waals surface area contributed by atoms with Crippen molar-refractivity contribution in [3.8, 4) is 17.2 Å². The van der Waals surface area contributed by atoms with Crippen molar-refractivity contribution in [3.05, 3.63) is 70.7 Å². The number of halogens is 3. The number of hydrogen-bond donors (Lipinski definition) is 0. The molecule has 2 heterocycles. The largest absolute Gasteiger partial charge is 0.497 e. The molecule has 230 valence electrons. The molecule has 0 spiro atoms. The van der Waals surface area contributed by atoms with Crippen LogP contribution in [0.5, 0.6) is 17.2 Å². The number of ether oxygens (including phenoxy) is 3.